The smallest absolute Gasteiger partial charge is 0.416 e. The molecule has 0 spiro atoms. The molecule has 0 fully saturated rings. The first-order valence-corrected chi connectivity index (χ1v) is 13.6. The molecule has 1 aliphatic rings. The molecule has 0 aromatic heterocycles. The van der Waals surface area contributed by atoms with Crippen molar-refractivity contribution in [1.82, 2.24) is 15.5 Å². The second-order valence-corrected chi connectivity index (χ2v) is 10.0. The van der Waals surface area contributed by atoms with Crippen molar-refractivity contribution in [3.63, 3.8) is 0 Å². The first-order chi connectivity index (χ1) is 19.0. The van der Waals surface area contributed by atoms with Crippen LogP contribution in [0, 0.1) is 5.82 Å². The largest absolute Gasteiger partial charge is 0.493 e. The Hall–Kier alpha value is -3.18. The summed E-state index contributed by atoms with van der Waals surface area (Å²) in [7, 11) is 0. The second kappa shape index (κ2) is 15.0. The normalized spacial score (nSPS) is 18.6. The second-order valence-electron chi connectivity index (χ2n) is 10.0. The molecule has 1 aliphatic heterocycles. The van der Waals surface area contributed by atoms with Crippen LogP contribution < -0.4 is 15.4 Å². The molecule has 0 radical (unpaired) electrons. The van der Waals surface area contributed by atoms with Gasteiger partial charge in [0.05, 0.1) is 24.3 Å². The minimum Gasteiger partial charge on any atom is -0.493 e. The molecule has 2 atom stereocenters. The predicted molar refractivity (Wildman–Crippen MR) is 142 cm³/mol. The van der Waals surface area contributed by atoms with Gasteiger partial charge in [0.15, 0.2) is 0 Å². The molecule has 7 nitrogen and oxygen atoms in total. The molecule has 0 saturated carbocycles. The van der Waals surface area contributed by atoms with E-state index in [4.69, 9.17) is 4.74 Å². The van der Waals surface area contributed by atoms with E-state index in [-0.39, 0.29) is 38.3 Å². The number of nitrogens with one attached hydrogen (secondary N) is 2. The number of aliphatic hydroxyl groups excluding tert-OH is 1. The number of halogens is 4. The number of fused-ring (bicyclic) bond motifs is 2. The molecule has 2 amide bonds. The molecular weight excluding hydrogens is 530 g/mol. The Morgan fingerprint density at radius 1 is 1.15 bits per heavy atom. The number of benzene rings is 2. The zero-order valence-electron chi connectivity index (χ0n) is 22.6. The molecule has 0 aliphatic carbocycles. The van der Waals surface area contributed by atoms with Crippen LogP contribution in [0.5, 0.6) is 5.75 Å². The standard InChI is InChI=1S/C29H37F4N3O4/c1-2-10-36-11-3-4-12-40-24-15-21(14-23(30)17-24)16-25(35-27(38)8-9-28(36)39)26(37)19-34-18-20-6-5-7-22(13-20)29(31,32)33/h5-7,13-15,17,25-26,34,37H,2-4,8-12,16,18-19H2,1H3,(H,35,38)/t25-,26+/m0/s1. The average Bonchev–Trinajstić information content (AvgIpc) is 2.89. The van der Waals surface area contributed by atoms with Crippen molar-refractivity contribution < 1.29 is 37.0 Å². The molecule has 220 valence electrons. The molecule has 3 rings (SSSR count). The van der Waals surface area contributed by atoms with Gasteiger partial charge >= 0.3 is 6.18 Å². The topological polar surface area (TPSA) is 90.9 Å². The highest BCUT2D eigenvalue weighted by Crippen LogP contribution is 2.29. The summed E-state index contributed by atoms with van der Waals surface area (Å²) in [4.78, 5) is 27.3. The quantitative estimate of drug-likeness (QED) is 0.436. The van der Waals surface area contributed by atoms with Crippen LogP contribution in [0.1, 0.15) is 55.7 Å². The molecule has 3 N–H and O–H groups in total. The summed E-state index contributed by atoms with van der Waals surface area (Å²) < 4.78 is 59.1. The number of alkyl halides is 3. The Labute approximate surface area is 231 Å². The molecule has 40 heavy (non-hydrogen) atoms. The van der Waals surface area contributed by atoms with Crippen LogP contribution in [0.3, 0.4) is 0 Å². The van der Waals surface area contributed by atoms with Gasteiger partial charge in [-0.3, -0.25) is 9.59 Å². The van der Waals surface area contributed by atoms with Gasteiger partial charge in [0.25, 0.3) is 0 Å². The Kier molecular flexibility index (Phi) is 11.8. The highest BCUT2D eigenvalue weighted by molar-refractivity contribution is 5.84. The molecule has 0 saturated heterocycles. The molecule has 11 heteroatoms. The van der Waals surface area contributed by atoms with Crippen LogP contribution in [-0.4, -0.2) is 60.2 Å². The van der Waals surface area contributed by atoms with Crippen LogP contribution in [0.4, 0.5) is 17.6 Å². The summed E-state index contributed by atoms with van der Waals surface area (Å²) in [6.45, 7) is 3.43. The summed E-state index contributed by atoms with van der Waals surface area (Å²) in [6.07, 6.45) is -3.45. The van der Waals surface area contributed by atoms with Gasteiger partial charge in [-0.05, 0) is 55.0 Å². The fourth-order valence-corrected chi connectivity index (χ4v) is 4.61. The van der Waals surface area contributed by atoms with Gasteiger partial charge < -0.3 is 25.4 Å². The number of nitrogens with zero attached hydrogens (tertiary/aromatic N) is 1. The van der Waals surface area contributed by atoms with E-state index in [1.807, 2.05) is 6.92 Å². The van der Waals surface area contributed by atoms with Crippen molar-refractivity contribution in [3.05, 3.63) is 65.0 Å². The van der Waals surface area contributed by atoms with Crippen molar-refractivity contribution in [3.8, 4) is 5.75 Å². The van der Waals surface area contributed by atoms with E-state index >= 15 is 0 Å². The van der Waals surface area contributed by atoms with Crippen molar-refractivity contribution in [2.24, 2.45) is 0 Å². The fraction of sp³-hybridized carbons (Fsp3) is 0.517. The Balaban J connectivity index is 1.73. The summed E-state index contributed by atoms with van der Waals surface area (Å²) in [6, 6.07) is 8.22. The van der Waals surface area contributed by atoms with Crippen molar-refractivity contribution in [2.75, 3.05) is 26.2 Å². The lowest BCUT2D eigenvalue weighted by molar-refractivity contribution is -0.137. The third kappa shape index (κ3) is 10.1. The molecule has 2 aromatic rings. The van der Waals surface area contributed by atoms with Gasteiger partial charge in [-0.15, -0.1) is 0 Å². The minimum absolute atomic E-state index is 0.0169. The van der Waals surface area contributed by atoms with E-state index < -0.39 is 35.6 Å². The maximum atomic E-state index is 14.4. The molecule has 2 aromatic carbocycles. The lowest BCUT2D eigenvalue weighted by Crippen LogP contribution is -2.48. The highest BCUT2D eigenvalue weighted by Gasteiger charge is 2.30. The number of ether oxygens (including phenoxy) is 1. The van der Waals surface area contributed by atoms with Crippen LogP contribution in [0.2, 0.25) is 0 Å². The molecule has 1 heterocycles. The van der Waals surface area contributed by atoms with Crippen molar-refractivity contribution in [2.45, 2.75) is 70.3 Å². The summed E-state index contributed by atoms with van der Waals surface area (Å²) in [5, 5.41) is 16.6. The molecular formula is C29H37F4N3O4. The number of carbonyl (C=O) groups excluding carboxylic acids is 2. The third-order valence-corrected chi connectivity index (χ3v) is 6.64. The van der Waals surface area contributed by atoms with Crippen LogP contribution >= 0.6 is 0 Å². The Morgan fingerprint density at radius 2 is 1.95 bits per heavy atom. The first-order valence-electron chi connectivity index (χ1n) is 13.6. The van der Waals surface area contributed by atoms with Crippen LogP contribution in [-0.2, 0) is 28.7 Å². The number of hydrogen-bond acceptors (Lipinski definition) is 5. The number of rotatable bonds is 7. The first kappa shape index (κ1) is 31.3. The maximum Gasteiger partial charge on any atom is 0.416 e. The molecule has 2 bridgehead atoms. The van der Waals surface area contributed by atoms with E-state index in [9.17, 15) is 32.3 Å². The van der Waals surface area contributed by atoms with Crippen LogP contribution in [0.15, 0.2) is 42.5 Å². The number of aliphatic hydroxyl groups is 1. The van der Waals surface area contributed by atoms with E-state index in [1.165, 1.54) is 24.3 Å². The fourth-order valence-electron chi connectivity index (χ4n) is 4.61. The van der Waals surface area contributed by atoms with Gasteiger partial charge in [0.2, 0.25) is 11.8 Å². The lowest BCUT2D eigenvalue weighted by Gasteiger charge is -2.26. The summed E-state index contributed by atoms with van der Waals surface area (Å²) >= 11 is 0. The number of amides is 2. The third-order valence-electron chi connectivity index (χ3n) is 6.64. The van der Waals surface area contributed by atoms with E-state index in [1.54, 1.807) is 11.0 Å². The van der Waals surface area contributed by atoms with E-state index in [0.717, 1.165) is 18.6 Å². The van der Waals surface area contributed by atoms with E-state index in [0.29, 0.717) is 49.4 Å². The predicted octanol–water partition coefficient (Wildman–Crippen LogP) is 4.21. The van der Waals surface area contributed by atoms with Gasteiger partial charge in [0, 0.05) is 45.1 Å². The summed E-state index contributed by atoms with van der Waals surface area (Å²) in [5.74, 6) is -0.759. The van der Waals surface area contributed by atoms with Gasteiger partial charge in [-0.25, -0.2) is 4.39 Å². The maximum absolute atomic E-state index is 14.4. The van der Waals surface area contributed by atoms with Crippen LogP contribution in [0.25, 0.3) is 0 Å². The Bertz CT molecular complexity index is 1130. The lowest BCUT2D eigenvalue weighted by atomic mass is 10.00. The molecule has 0 unspecified atom stereocenters. The monoisotopic (exact) mass is 567 g/mol. The van der Waals surface area contributed by atoms with Crippen molar-refractivity contribution >= 4 is 11.8 Å². The average molecular weight is 568 g/mol. The number of carbonyl (C=O) groups is 2. The minimum atomic E-state index is -4.47. The van der Waals surface area contributed by atoms with Gasteiger partial charge in [0.1, 0.15) is 11.6 Å². The highest BCUT2D eigenvalue weighted by atomic mass is 19.4. The zero-order valence-corrected chi connectivity index (χ0v) is 22.6. The van der Waals surface area contributed by atoms with E-state index in [2.05, 4.69) is 10.6 Å². The zero-order chi connectivity index (χ0) is 29.1. The summed E-state index contributed by atoms with van der Waals surface area (Å²) in [5.41, 5.74) is 0.106. The Morgan fingerprint density at radius 3 is 2.70 bits per heavy atom. The van der Waals surface area contributed by atoms with Gasteiger partial charge in [-0.2, -0.15) is 13.2 Å². The van der Waals surface area contributed by atoms with Crippen molar-refractivity contribution in [1.29, 1.82) is 0 Å². The SMILES string of the molecule is CCCN1CCCCOc2cc(F)cc(c2)C[C@@H]([C@H](O)CNCc2cccc(C(F)(F)F)c2)NC(=O)CCC1=O. The number of hydrogen-bond donors (Lipinski definition) is 3. The van der Waals surface area contributed by atoms with Gasteiger partial charge in [-0.1, -0.05) is 25.1 Å².